The van der Waals surface area contributed by atoms with Crippen LogP contribution in [0.1, 0.15) is 48.1 Å². The molecule has 1 fully saturated rings. The summed E-state index contributed by atoms with van der Waals surface area (Å²) in [4.78, 5) is 12.2. The summed E-state index contributed by atoms with van der Waals surface area (Å²) in [5.74, 6) is 2.65. The molecule has 0 aliphatic heterocycles. The molecular formula is C13H18O2. The van der Waals surface area contributed by atoms with Crippen molar-refractivity contribution in [3.63, 3.8) is 0 Å². The Labute approximate surface area is 90.7 Å². The fourth-order valence-corrected chi connectivity index (χ4v) is 2.61. The van der Waals surface area contributed by atoms with Crippen molar-refractivity contribution in [3.05, 3.63) is 23.2 Å². The molecule has 2 rings (SSSR count). The molecule has 0 amide bonds. The second-order valence-electron chi connectivity index (χ2n) is 4.71. The Hall–Kier alpha value is -1.05. The molecule has 1 aliphatic carbocycles. The van der Waals surface area contributed by atoms with Gasteiger partial charge in [-0.25, -0.2) is 0 Å². The van der Waals surface area contributed by atoms with Crippen LogP contribution >= 0.6 is 0 Å². The van der Waals surface area contributed by atoms with Crippen LogP contribution < -0.4 is 0 Å². The Morgan fingerprint density at radius 2 is 2.13 bits per heavy atom. The van der Waals surface area contributed by atoms with Gasteiger partial charge in [-0.05, 0) is 38.7 Å². The Balaban J connectivity index is 2.24. The molecule has 2 nitrogen and oxygen atoms in total. The lowest BCUT2D eigenvalue weighted by Crippen LogP contribution is -2.17. The first-order chi connectivity index (χ1) is 7.09. The summed E-state index contributed by atoms with van der Waals surface area (Å²) in [6, 6.07) is 1.88. The largest absolute Gasteiger partial charge is 0.466 e. The van der Waals surface area contributed by atoms with E-state index in [1.807, 2.05) is 19.9 Å². The highest BCUT2D eigenvalue weighted by Crippen LogP contribution is 2.34. The Morgan fingerprint density at radius 3 is 2.60 bits per heavy atom. The van der Waals surface area contributed by atoms with E-state index in [-0.39, 0.29) is 11.7 Å². The SMILES string of the molecule is Cc1cc(C(=O)C2CCCC2C)c(C)o1. The molecule has 1 heterocycles. The zero-order chi connectivity index (χ0) is 11.0. The van der Waals surface area contributed by atoms with E-state index in [1.54, 1.807) is 0 Å². The molecule has 0 saturated heterocycles. The van der Waals surface area contributed by atoms with E-state index >= 15 is 0 Å². The topological polar surface area (TPSA) is 30.2 Å². The minimum Gasteiger partial charge on any atom is -0.466 e. The fraction of sp³-hybridized carbons (Fsp3) is 0.615. The first-order valence-electron chi connectivity index (χ1n) is 5.71. The Bertz CT molecular complexity index is 376. The maximum absolute atomic E-state index is 12.2. The lowest BCUT2D eigenvalue weighted by molar-refractivity contribution is 0.0895. The monoisotopic (exact) mass is 206 g/mol. The van der Waals surface area contributed by atoms with Gasteiger partial charge in [-0.3, -0.25) is 4.79 Å². The Morgan fingerprint density at radius 1 is 1.40 bits per heavy atom. The van der Waals surface area contributed by atoms with E-state index in [0.29, 0.717) is 5.92 Å². The van der Waals surface area contributed by atoms with Gasteiger partial charge in [-0.2, -0.15) is 0 Å². The predicted octanol–water partition coefficient (Wildman–Crippen LogP) is 3.52. The lowest BCUT2D eigenvalue weighted by atomic mass is 9.90. The van der Waals surface area contributed by atoms with Crippen LogP contribution in [0, 0.1) is 25.7 Å². The molecule has 2 heteroatoms. The molecule has 1 saturated carbocycles. The van der Waals surface area contributed by atoms with E-state index in [0.717, 1.165) is 23.5 Å². The summed E-state index contributed by atoms with van der Waals surface area (Å²) in [5, 5.41) is 0. The first-order valence-corrected chi connectivity index (χ1v) is 5.71. The van der Waals surface area contributed by atoms with Gasteiger partial charge in [0.15, 0.2) is 5.78 Å². The standard InChI is InChI=1S/C13H18O2/c1-8-5-4-6-11(8)13(14)12-7-9(2)15-10(12)3/h7-8,11H,4-6H2,1-3H3. The van der Waals surface area contributed by atoms with Crippen LogP contribution in [0.2, 0.25) is 0 Å². The van der Waals surface area contributed by atoms with E-state index in [1.165, 1.54) is 12.8 Å². The average molecular weight is 206 g/mol. The van der Waals surface area contributed by atoms with Gasteiger partial charge in [0.05, 0.1) is 5.56 Å². The summed E-state index contributed by atoms with van der Waals surface area (Å²) in [7, 11) is 0. The van der Waals surface area contributed by atoms with E-state index in [4.69, 9.17) is 4.42 Å². The molecule has 0 bridgehead atoms. The molecule has 1 aliphatic rings. The van der Waals surface area contributed by atoms with Crippen LogP contribution in [0.3, 0.4) is 0 Å². The number of carbonyl (C=O) groups excluding carboxylic acids is 1. The molecule has 1 aromatic heterocycles. The van der Waals surface area contributed by atoms with Gasteiger partial charge in [0, 0.05) is 5.92 Å². The molecule has 0 radical (unpaired) electrons. The number of aryl methyl sites for hydroxylation is 2. The second-order valence-corrected chi connectivity index (χ2v) is 4.71. The van der Waals surface area contributed by atoms with Crippen molar-refractivity contribution < 1.29 is 9.21 Å². The smallest absolute Gasteiger partial charge is 0.169 e. The minimum absolute atomic E-state index is 0.223. The lowest BCUT2D eigenvalue weighted by Gasteiger charge is -2.12. The van der Waals surface area contributed by atoms with Crippen LogP contribution in [-0.2, 0) is 0 Å². The highest BCUT2D eigenvalue weighted by atomic mass is 16.3. The number of ketones is 1. The second kappa shape index (κ2) is 3.84. The van der Waals surface area contributed by atoms with Crippen molar-refractivity contribution in [2.24, 2.45) is 11.8 Å². The normalized spacial score (nSPS) is 25.8. The van der Waals surface area contributed by atoms with E-state index in [9.17, 15) is 4.79 Å². The van der Waals surface area contributed by atoms with Gasteiger partial charge in [0.1, 0.15) is 11.5 Å². The molecule has 0 aromatic carbocycles. The van der Waals surface area contributed by atoms with E-state index in [2.05, 4.69) is 6.92 Å². The van der Waals surface area contributed by atoms with Crippen LogP contribution in [0.5, 0.6) is 0 Å². The fourth-order valence-electron chi connectivity index (χ4n) is 2.61. The minimum atomic E-state index is 0.223. The summed E-state index contributed by atoms with van der Waals surface area (Å²) in [6.45, 7) is 5.94. The highest BCUT2D eigenvalue weighted by Gasteiger charge is 2.31. The van der Waals surface area contributed by atoms with Crippen molar-refractivity contribution in [2.45, 2.75) is 40.0 Å². The van der Waals surface area contributed by atoms with Crippen molar-refractivity contribution in [1.29, 1.82) is 0 Å². The van der Waals surface area contributed by atoms with Crippen LogP contribution in [0.15, 0.2) is 10.5 Å². The van der Waals surface area contributed by atoms with Crippen molar-refractivity contribution in [2.75, 3.05) is 0 Å². The van der Waals surface area contributed by atoms with Crippen molar-refractivity contribution in [3.8, 4) is 0 Å². The van der Waals surface area contributed by atoms with Crippen LogP contribution in [0.25, 0.3) is 0 Å². The molecular weight excluding hydrogens is 188 g/mol. The third-order valence-corrected chi connectivity index (χ3v) is 3.50. The Kier molecular flexibility index (Phi) is 2.68. The van der Waals surface area contributed by atoms with Crippen LogP contribution in [0.4, 0.5) is 0 Å². The van der Waals surface area contributed by atoms with E-state index < -0.39 is 0 Å². The zero-order valence-corrected chi connectivity index (χ0v) is 9.67. The third-order valence-electron chi connectivity index (χ3n) is 3.50. The number of furan rings is 1. The molecule has 15 heavy (non-hydrogen) atoms. The maximum Gasteiger partial charge on any atom is 0.169 e. The first kappa shape index (κ1) is 10.5. The van der Waals surface area contributed by atoms with Gasteiger partial charge >= 0.3 is 0 Å². The number of Topliss-reactive ketones (excluding diaryl/α,β-unsaturated/α-hetero) is 1. The molecule has 2 atom stereocenters. The van der Waals surface area contributed by atoms with Crippen molar-refractivity contribution in [1.82, 2.24) is 0 Å². The highest BCUT2D eigenvalue weighted by molar-refractivity contribution is 5.99. The molecule has 0 spiro atoms. The van der Waals surface area contributed by atoms with Gasteiger partial charge in [0.2, 0.25) is 0 Å². The van der Waals surface area contributed by atoms with Crippen molar-refractivity contribution >= 4 is 5.78 Å². The van der Waals surface area contributed by atoms with Gasteiger partial charge in [-0.1, -0.05) is 13.3 Å². The number of hydrogen-bond acceptors (Lipinski definition) is 2. The predicted molar refractivity (Wildman–Crippen MR) is 59.0 cm³/mol. The number of rotatable bonds is 2. The van der Waals surface area contributed by atoms with Gasteiger partial charge < -0.3 is 4.42 Å². The summed E-state index contributed by atoms with van der Waals surface area (Å²) in [5.41, 5.74) is 0.797. The van der Waals surface area contributed by atoms with Crippen LogP contribution in [-0.4, -0.2) is 5.78 Å². The zero-order valence-electron chi connectivity index (χ0n) is 9.67. The molecule has 1 aromatic rings. The molecule has 82 valence electrons. The van der Waals surface area contributed by atoms with Gasteiger partial charge in [0.25, 0.3) is 0 Å². The summed E-state index contributed by atoms with van der Waals surface area (Å²) >= 11 is 0. The number of hydrogen-bond donors (Lipinski definition) is 0. The maximum atomic E-state index is 12.2. The molecule has 0 N–H and O–H groups in total. The quantitative estimate of drug-likeness (QED) is 0.693. The summed E-state index contributed by atoms with van der Waals surface area (Å²) in [6.07, 6.45) is 3.42. The average Bonchev–Trinajstić information content (AvgIpc) is 2.71. The molecule has 2 unspecified atom stereocenters. The third kappa shape index (κ3) is 1.85. The summed E-state index contributed by atoms with van der Waals surface area (Å²) < 4.78 is 5.41. The number of carbonyl (C=O) groups is 1. The van der Waals surface area contributed by atoms with Gasteiger partial charge in [-0.15, -0.1) is 0 Å².